The van der Waals surface area contributed by atoms with Crippen LogP contribution < -0.4 is 10.4 Å². The van der Waals surface area contributed by atoms with Crippen molar-refractivity contribution in [1.82, 2.24) is 0 Å². The minimum Gasteiger partial charge on any atom is -0.466 e. The fourth-order valence-corrected chi connectivity index (χ4v) is 2.72. The van der Waals surface area contributed by atoms with Gasteiger partial charge in [0, 0.05) is 23.9 Å². The quantitative estimate of drug-likeness (QED) is 0.429. The van der Waals surface area contributed by atoms with Gasteiger partial charge in [0.05, 0.1) is 12.5 Å². The number of carbonyl (C=O) groups is 2. The second-order valence-corrected chi connectivity index (χ2v) is 6.62. The van der Waals surface area contributed by atoms with Crippen molar-refractivity contribution in [2.45, 2.75) is 46.0 Å². The summed E-state index contributed by atoms with van der Waals surface area (Å²) in [5, 5.41) is 0.757. The number of ether oxygens (including phenoxy) is 2. The van der Waals surface area contributed by atoms with Crippen LogP contribution in [0, 0.1) is 12.8 Å². The molecule has 0 amide bonds. The molecule has 0 radical (unpaired) electrons. The summed E-state index contributed by atoms with van der Waals surface area (Å²) in [4.78, 5) is 35.5. The van der Waals surface area contributed by atoms with E-state index < -0.39 is 5.63 Å². The molecule has 1 heterocycles. The summed E-state index contributed by atoms with van der Waals surface area (Å²) in [5.74, 6) is -0.291. The molecule has 6 heteroatoms. The van der Waals surface area contributed by atoms with Crippen molar-refractivity contribution in [3.8, 4) is 5.75 Å². The number of esters is 2. The summed E-state index contributed by atoms with van der Waals surface area (Å²) in [5.41, 5.74) is 1.40. The van der Waals surface area contributed by atoms with E-state index in [1.807, 2.05) is 19.9 Å². The average Bonchev–Trinajstić information content (AvgIpc) is 3.43. The van der Waals surface area contributed by atoms with E-state index >= 15 is 0 Å². The van der Waals surface area contributed by atoms with Crippen LogP contribution in [0.2, 0.25) is 0 Å². The Bertz CT molecular complexity index is 891. The van der Waals surface area contributed by atoms with Gasteiger partial charge >= 0.3 is 17.6 Å². The van der Waals surface area contributed by atoms with Gasteiger partial charge in [0.2, 0.25) is 0 Å². The van der Waals surface area contributed by atoms with Crippen LogP contribution in [-0.4, -0.2) is 18.5 Å². The predicted molar refractivity (Wildman–Crippen MR) is 95.2 cm³/mol. The van der Waals surface area contributed by atoms with Crippen LogP contribution in [0.4, 0.5) is 0 Å². The second-order valence-electron chi connectivity index (χ2n) is 6.62. The van der Waals surface area contributed by atoms with Gasteiger partial charge in [-0.3, -0.25) is 9.59 Å². The maximum absolute atomic E-state index is 12.1. The first-order chi connectivity index (χ1) is 12.5. The lowest BCUT2D eigenvalue weighted by Crippen LogP contribution is -2.12. The summed E-state index contributed by atoms with van der Waals surface area (Å²) in [7, 11) is 0. The van der Waals surface area contributed by atoms with Crippen molar-refractivity contribution in [3.63, 3.8) is 0 Å². The number of rotatable bonds is 7. The van der Waals surface area contributed by atoms with Crippen LogP contribution in [0.5, 0.6) is 5.75 Å². The SMILES string of the molecule is CCCOC(=O)CCc1cc2c(C)cc(=O)oc2cc1OC(=O)C1CC1. The molecule has 1 fully saturated rings. The zero-order chi connectivity index (χ0) is 18.7. The minimum atomic E-state index is -0.453. The molecule has 0 unspecified atom stereocenters. The molecule has 0 aliphatic heterocycles. The van der Waals surface area contributed by atoms with Crippen molar-refractivity contribution in [1.29, 1.82) is 0 Å². The molecule has 1 aliphatic carbocycles. The van der Waals surface area contributed by atoms with Gasteiger partial charge in [-0.1, -0.05) is 6.92 Å². The molecule has 0 N–H and O–H groups in total. The Hall–Kier alpha value is -2.63. The maximum Gasteiger partial charge on any atom is 0.336 e. The molecule has 138 valence electrons. The highest BCUT2D eigenvalue weighted by Gasteiger charge is 2.32. The van der Waals surface area contributed by atoms with E-state index in [9.17, 15) is 14.4 Å². The fraction of sp³-hybridized carbons (Fsp3) is 0.450. The van der Waals surface area contributed by atoms with Crippen LogP contribution >= 0.6 is 0 Å². The Labute approximate surface area is 151 Å². The van der Waals surface area contributed by atoms with Crippen LogP contribution in [0.3, 0.4) is 0 Å². The van der Waals surface area contributed by atoms with Crippen molar-refractivity contribution < 1.29 is 23.5 Å². The first-order valence-electron chi connectivity index (χ1n) is 8.92. The molecule has 1 aromatic heterocycles. The highest BCUT2D eigenvalue weighted by molar-refractivity contribution is 5.85. The normalized spacial score (nSPS) is 13.6. The summed E-state index contributed by atoms with van der Waals surface area (Å²) in [6.45, 7) is 4.14. The average molecular weight is 358 g/mol. The third-order valence-corrected chi connectivity index (χ3v) is 4.32. The molecular formula is C20H22O6. The summed E-state index contributed by atoms with van der Waals surface area (Å²) >= 11 is 0. The molecule has 3 rings (SSSR count). The molecule has 2 aromatic rings. The molecule has 0 bridgehead atoms. The molecule has 0 spiro atoms. The van der Waals surface area contributed by atoms with Gasteiger partial charge in [-0.05, 0) is 49.8 Å². The van der Waals surface area contributed by atoms with Gasteiger partial charge in [0.15, 0.2) is 0 Å². The molecule has 1 saturated carbocycles. The number of aryl methyl sites for hydroxylation is 2. The summed E-state index contributed by atoms with van der Waals surface area (Å²) < 4.78 is 15.9. The van der Waals surface area contributed by atoms with E-state index in [-0.39, 0.29) is 24.3 Å². The molecule has 0 atom stereocenters. The smallest absolute Gasteiger partial charge is 0.336 e. The topological polar surface area (TPSA) is 82.8 Å². The molecule has 1 aromatic carbocycles. The Balaban J connectivity index is 1.90. The largest absolute Gasteiger partial charge is 0.466 e. The van der Waals surface area contributed by atoms with Crippen LogP contribution in [0.15, 0.2) is 27.4 Å². The number of hydrogen-bond donors (Lipinski definition) is 0. The van der Waals surface area contributed by atoms with Gasteiger partial charge in [-0.2, -0.15) is 0 Å². The van der Waals surface area contributed by atoms with Gasteiger partial charge in [-0.15, -0.1) is 0 Å². The van der Waals surface area contributed by atoms with Crippen LogP contribution in [0.25, 0.3) is 11.0 Å². The van der Waals surface area contributed by atoms with Crippen LogP contribution in [-0.2, 0) is 20.7 Å². The first kappa shape index (κ1) is 18.2. The lowest BCUT2D eigenvalue weighted by molar-refractivity contribution is -0.143. The minimum absolute atomic E-state index is 0.0578. The Morgan fingerprint density at radius 2 is 2.00 bits per heavy atom. The third kappa shape index (κ3) is 4.31. The van der Waals surface area contributed by atoms with E-state index in [4.69, 9.17) is 13.9 Å². The van der Waals surface area contributed by atoms with Gasteiger partial charge in [0.1, 0.15) is 11.3 Å². The Kier molecular flexibility index (Phi) is 5.40. The lowest BCUT2D eigenvalue weighted by Gasteiger charge is -2.12. The lowest BCUT2D eigenvalue weighted by atomic mass is 10.0. The number of carbonyl (C=O) groups excluding carboxylic acids is 2. The fourth-order valence-electron chi connectivity index (χ4n) is 2.72. The monoisotopic (exact) mass is 358 g/mol. The molecule has 6 nitrogen and oxygen atoms in total. The summed E-state index contributed by atoms with van der Waals surface area (Å²) in [6.07, 6.45) is 3.00. The van der Waals surface area contributed by atoms with Gasteiger partial charge < -0.3 is 13.9 Å². The van der Waals surface area contributed by atoms with E-state index in [0.717, 1.165) is 35.8 Å². The Morgan fingerprint density at radius 3 is 2.69 bits per heavy atom. The maximum atomic E-state index is 12.1. The Morgan fingerprint density at radius 1 is 1.23 bits per heavy atom. The number of benzene rings is 1. The highest BCUT2D eigenvalue weighted by atomic mass is 16.5. The van der Waals surface area contributed by atoms with E-state index in [1.54, 1.807) is 6.07 Å². The molecule has 0 saturated heterocycles. The third-order valence-electron chi connectivity index (χ3n) is 4.32. The molecule has 26 heavy (non-hydrogen) atoms. The number of hydrogen-bond acceptors (Lipinski definition) is 6. The molecule has 1 aliphatic rings. The standard InChI is InChI=1S/C20H22O6/c1-3-8-24-18(21)7-6-14-10-15-12(2)9-19(22)25-17(15)11-16(14)26-20(23)13-4-5-13/h9-11,13H,3-8H2,1-2H3. The summed E-state index contributed by atoms with van der Waals surface area (Å²) in [6, 6.07) is 4.80. The van der Waals surface area contributed by atoms with Gasteiger partial charge in [0.25, 0.3) is 0 Å². The highest BCUT2D eigenvalue weighted by Crippen LogP contribution is 2.33. The first-order valence-corrected chi connectivity index (χ1v) is 8.92. The van der Waals surface area contributed by atoms with Crippen molar-refractivity contribution in [2.75, 3.05) is 6.61 Å². The zero-order valence-electron chi connectivity index (χ0n) is 15.0. The predicted octanol–water partition coefficient (Wildman–Crippen LogP) is 3.30. The second kappa shape index (κ2) is 7.72. The van der Waals surface area contributed by atoms with Crippen LogP contribution in [0.1, 0.15) is 43.7 Å². The van der Waals surface area contributed by atoms with E-state index in [2.05, 4.69) is 0 Å². The van der Waals surface area contributed by atoms with Crippen molar-refractivity contribution >= 4 is 22.9 Å². The van der Waals surface area contributed by atoms with Gasteiger partial charge in [-0.25, -0.2) is 4.79 Å². The van der Waals surface area contributed by atoms with E-state index in [1.165, 1.54) is 6.07 Å². The number of fused-ring (bicyclic) bond motifs is 1. The van der Waals surface area contributed by atoms with E-state index in [0.29, 0.717) is 24.4 Å². The van der Waals surface area contributed by atoms with Crippen molar-refractivity contribution in [2.24, 2.45) is 5.92 Å². The molecular weight excluding hydrogens is 336 g/mol. The zero-order valence-corrected chi connectivity index (χ0v) is 15.0. The van der Waals surface area contributed by atoms with Crippen molar-refractivity contribution in [3.05, 3.63) is 39.7 Å².